The molecule has 142 valence electrons. The van der Waals surface area contributed by atoms with Gasteiger partial charge in [-0.15, -0.1) is 0 Å². The van der Waals surface area contributed by atoms with Crippen molar-refractivity contribution in [2.24, 2.45) is 0 Å². The van der Waals surface area contributed by atoms with Gasteiger partial charge in [0, 0.05) is 5.39 Å². The third kappa shape index (κ3) is 3.73. The fourth-order valence-electron chi connectivity index (χ4n) is 2.30. The molecule has 0 amide bonds. The maximum Gasteiger partial charge on any atom is 0.341 e. The Bertz CT molecular complexity index is 1180. The molecule has 0 atom stereocenters. The highest BCUT2D eigenvalue weighted by Gasteiger charge is 2.37. The van der Waals surface area contributed by atoms with E-state index < -0.39 is 45.0 Å². The summed E-state index contributed by atoms with van der Waals surface area (Å²) in [6.45, 7) is 4.07. The molecule has 0 fully saturated rings. The zero-order valence-corrected chi connectivity index (χ0v) is 15.8. The maximum atomic E-state index is 12.6. The molecule has 2 aromatic carbocycles. The number of benzene rings is 2. The molecule has 0 aromatic heterocycles. The quantitative estimate of drug-likeness (QED) is 0.400. The summed E-state index contributed by atoms with van der Waals surface area (Å²) in [7, 11) is -14.8. The van der Waals surface area contributed by atoms with Gasteiger partial charge in [-0.25, -0.2) is 0 Å². The Morgan fingerprint density at radius 3 is 2.19 bits per heavy atom. The Morgan fingerprint density at radius 1 is 1.04 bits per heavy atom. The average molecular weight is 422 g/mol. The molecule has 0 saturated heterocycles. The molecule has 0 aliphatic carbocycles. The van der Waals surface area contributed by atoms with Crippen LogP contribution in [0.4, 0.5) is 0 Å². The van der Waals surface area contributed by atoms with Crippen molar-refractivity contribution in [3.8, 4) is 0 Å². The van der Waals surface area contributed by atoms with E-state index in [-0.39, 0.29) is 17.4 Å². The molecule has 9 nitrogen and oxygen atoms in total. The first-order chi connectivity index (χ1) is 12.0. The Kier molecular flexibility index (Phi) is 5.44. The van der Waals surface area contributed by atoms with Crippen molar-refractivity contribution >= 4 is 41.1 Å². The SMILES string of the molecule is C=COS(=O)(=O)c1c(S(=O)(=O)O)cc2ccccc2c1S(=O)(=O)OCC. The van der Waals surface area contributed by atoms with Crippen LogP contribution in [-0.4, -0.2) is 36.4 Å². The summed E-state index contributed by atoms with van der Waals surface area (Å²) < 4.78 is 92.0. The van der Waals surface area contributed by atoms with E-state index in [1.807, 2.05) is 0 Å². The van der Waals surface area contributed by atoms with Gasteiger partial charge in [0.1, 0.15) is 14.7 Å². The minimum atomic E-state index is -5.14. The van der Waals surface area contributed by atoms with Crippen LogP contribution in [0.25, 0.3) is 10.8 Å². The predicted molar refractivity (Wildman–Crippen MR) is 91.0 cm³/mol. The molecule has 26 heavy (non-hydrogen) atoms. The standard InChI is InChI=1S/C14H14O9S3/c1-3-22-25(18,19)13-11-8-6-5-7-10(11)9-12(24(15,16)17)14(13)26(20,21)23-4-2/h4-9H,2-3H2,1H3,(H,15,16,17). The van der Waals surface area contributed by atoms with Crippen molar-refractivity contribution in [2.75, 3.05) is 6.61 Å². The van der Waals surface area contributed by atoms with Crippen molar-refractivity contribution in [2.45, 2.75) is 21.6 Å². The zero-order chi connectivity index (χ0) is 19.8. The molecule has 1 N–H and O–H groups in total. The van der Waals surface area contributed by atoms with E-state index >= 15 is 0 Å². The first-order valence-electron chi connectivity index (χ1n) is 6.92. The fourth-order valence-corrected chi connectivity index (χ4v) is 6.35. The molecule has 0 radical (unpaired) electrons. The zero-order valence-electron chi connectivity index (χ0n) is 13.3. The lowest BCUT2D eigenvalue weighted by Gasteiger charge is -2.15. The molecule has 0 saturated carbocycles. The Labute approximate surface area is 150 Å². The van der Waals surface area contributed by atoms with E-state index in [4.69, 9.17) is 0 Å². The minimum absolute atomic E-state index is 0.0518. The molecular formula is C14H14O9S3. The monoisotopic (exact) mass is 422 g/mol. The van der Waals surface area contributed by atoms with Gasteiger partial charge in [-0.05, 0) is 18.4 Å². The van der Waals surface area contributed by atoms with Gasteiger partial charge < -0.3 is 4.18 Å². The lowest BCUT2D eigenvalue weighted by molar-refractivity contribution is 0.336. The van der Waals surface area contributed by atoms with E-state index in [0.29, 0.717) is 6.26 Å². The van der Waals surface area contributed by atoms with Gasteiger partial charge in [0.15, 0.2) is 0 Å². The van der Waals surface area contributed by atoms with Crippen LogP contribution in [-0.2, 0) is 38.7 Å². The summed E-state index contributed by atoms with van der Waals surface area (Å²) in [4.78, 5) is -3.37. The lowest BCUT2D eigenvalue weighted by Crippen LogP contribution is -2.18. The van der Waals surface area contributed by atoms with Crippen LogP contribution in [0.1, 0.15) is 6.92 Å². The second kappa shape index (κ2) is 6.96. The first kappa shape index (κ1) is 20.3. The molecule has 12 heteroatoms. The van der Waals surface area contributed by atoms with Crippen molar-refractivity contribution in [1.29, 1.82) is 0 Å². The van der Waals surface area contributed by atoms with Crippen LogP contribution in [0.15, 0.2) is 57.9 Å². The van der Waals surface area contributed by atoms with E-state index in [0.717, 1.165) is 6.07 Å². The number of hydrogen-bond donors (Lipinski definition) is 1. The topological polar surface area (TPSA) is 141 Å². The summed E-state index contributed by atoms with van der Waals surface area (Å²) in [5.74, 6) is 0. The smallest absolute Gasteiger partial charge is 0.341 e. The molecule has 0 unspecified atom stereocenters. The Morgan fingerprint density at radius 2 is 1.65 bits per heavy atom. The number of hydrogen-bond acceptors (Lipinski definition) is 8. The molecule has 0 aliphatic rings. The Hall–Kier alpha value is -1.99. The average Bonchev–Trinajstić information content (AvgIpc) is 2.52. The third-order valence-electron chi connectivity index (χ3n) is 3.17. The first-order valence-corrected chi connectivity index (χ1v) is 11.2. The van der Waals surface area contributed by atoms with Gasteiger partial charge in [-0.2, -0.15) is 25.3 Å². The highest BCUT2D eigenvalue weighted by molar-refractivity contribution is 7.91. The molecule has 2 rings (SSSR count). The molecule has 0 aliphatic heterocycles. The van der Waals surface area contributed by atoms with E-state index in [1.54, 1.807) is 0 Å². The van der Waals surface area contributed by atoms with Crippen molar-refractivity contribution in [3.63, 3.8) is 0 Å². The second-order valence-corrected chi connectivity index (χ2v) is 9.26. The molecular weight excluding hydrogens is 408 g/mol. The maximum absolute atomic E-state index is 12.6. The summed E-state index contributed by atoms with van der Waals surface area (Å²) in [5.41, 5.74) is 0. The molecule has 0 heterocycles. The van der Waals surface area contributed by atoms with Crippen LogP contribution in [0.5, 0.6) is 0 Å². The molecule has 2 aromatic rings. The summed E-state index contributed by atoms with van der Waals surface area (Å²) >= 11 is 0. The largest absolute Gasteiger partial charge is 0.388 e. The number of rotatable bonds is 7. The van der Waals surface area contributed by atoms with Gasteiger partial charge in [-0.1, -0.05) is 30.8 Å². The van der Waals surface area contributed by atoms with Gasteiger partial charge >= 0.3 is 10.1 Å². The normalized spacial score (nSPS) is 12.8. The van der Waals surface area contributed by atoms with Crippen LogP contribution in [0.2, 0.25) is 0 Å². The van der Waals surface area contributed by atoms with Crippen LogP contribution >= 0.6 is 0 Å². The Balaban J connectivity index is 3.23. The van der Waals surface area contributed by atoms with Crippen molar-refractivity contribution < 1.29 is 38.2 Å². The highest BCUT2D eigenvalue weighted by Crippen LogP contribution is 2.37. The van der Waals surface area contributed by atoms with Crippen LogP contribution in [0, 0.1) is 0 Å². The van der Waals surface area contributed by atoms with Crippen molar-refractivity contribution in [3.05, 3.63) is 43.2 Å². The van der Waals surface area contributed by atoms with Gasteiger partial charge in [-0.3, -0.25) is 8.74 Å². The summed E-state index contributed by atoms with van der Waals surface area (Å²) in [6, 6.07) is 6.34. The number of fused-ring (bicyclic) bond motifs is 1. The predicted octanol–water partition coefficient (Wildman–Crippen LogP) is 1.66. The minimum Gasteiger partial charge on any atom is -0.388 e. The van der Waals surface area contributed by atoms with E-state index in [9.17, 15) is 29.8 Å². The van der Waals surface area contributed by atoms with Crippen LogP contribution < -0.4 is 0 Å². The fraction of sp³-hybridized carbons (Fsp3) is 0.143. The second-order valence-electron chi connectivity index (χ2n) is 4.81. The highest BCUT2D eigenvalue weighted by atomic mass is 32.2. The van der Waals surface area contributed by atoms with Gasteiger partial charge in [0.25, 0.3) is 20.2 Å². The van der Waals surface area contributed by atoms with E-state index in [2.05, 4.69) is 14.9 Å². The van der Waals surface area contributed by atoms with Gasteiger partial charge in [0.05, 0.1) is 12.9 Å². The van der Waals surface area contributed by atoms with Crippen LogP contribution in [0.3, 0.4) is 0 Å². The van der Waals surface area contributed by atoms with Gasteiger partial charge in [0.2, 0.25) is 0 Å². The van der Waals surface area contributed by atoms with E-state index in [1.165, 1.54) is 31.2 Å². The lowest BCUT2D eigenvalue weighted by atomic mass is 10.1. The van der Waals surface area contributed by atoms with Crippen molar-refractivity contribution in [1.82, 2.24) is 0 Å². The molecule has 0 bridgehead atoms. The molecule has 0 spiro atoms. The third-order valence-corrected chi connectivity index (χ3v) is 7.09. The summed E-state index contributed by atoms with van der Waals surface area (Å²) in [5, 5.41) is -0.0736. The summed E-state index contributed by atoms with van der Waals surface area (Å²) in [6.07, 6.45) is 0.482.